The van der Waals surface area contributed by atoms with Crippen molar-refractivity contribution < 1.29 is 4.79 Å². The summed E-state index contributed by atoms with van der Waals surface area (Å²) in [6.07, 6.45) is 19.0. The molecule has 0 unspecified atom stereocenters. The first-order chi connectivity index (χ1) is 10.7. The fourth-order valence-electron chi connectivity index (χ4n) is 2.32. The SMILES string of the molecule is CCCCCCCCCCCCCCCC(N)=O.CCCN.Cl. The van der Waals surface area contributed by atoms with E-state index in [1.807, 2.05) is 0 Å². The van der Waals surface area contributed by atoms with Gasteiger partial charge in [0.1, 0.15) is 0 Å². The molecule has 0 spiro atoms. The van der Waals surface area contributed by atoms with Gasteiger partial charge >= 0.3 is 0 Å². The van der Waals surface area contributed by atoms with Gasteiger partial charge in [0.15, 0.2) is 0 Å². The van der Waals surface area contributed by atoms with Crippen LogP contribution in [0.3, 0.4) is 0 Å². The maximum atomic E-state index is 10.5. The van der Waals surface area contributed by atoms with E-state index in [1.54, 1.807) is 0 Å². The van der Waals surface area contributed by atoms with Gasteiger partial charge in [0, 0.05) is 6.42 Å². The molecule has 0 saturated carbocycles. The zero-order chi connectivity index (χ0) is 16.9. The van der Waals surface area contributed by atoms with E-state index in [1.165, 1.54) is 77.0 Å². The molecule has 4 heteroatoms. The lowest BCUT2D eigenvalue weighted by Crippen LogP contribution is -2.09. The average molecular weight is 351 g/mol. The van der Waals surface area contributed by atoms with Crippen molar-refractivity contribution in [2.24, 2.45) is 11.5 Å². The van der Waals surface area contributed by atoms with E-state index in [2.05, 4.69) is 13.8 Å². The van der Waals surface area contributed by atoms with Crippen molar-refractivity contribution in [3.8, 4) is 0 Å². The zero-order valence-electron chi connectivity index (χ0n) is 15.8. The Balaban J connectivity index is -0.000000712. The third-order valence-electron chi connectivity index (χ3n) is 3.82. The van der Waals surface area contributed by atoms with Crippen LogP contribution in [0.1, 0.15) is 110 Å². The van der Waals surface area contributed by atoms with E-state index < -0.39 is 0 Å². The second kappa shape index (κ2) is 26.6. The molecule has 0 radical (unpaired) electrons. The van der Waals surface area contributed by atoms with E-state index in [4.69, 9.17) is 11.5 Å². The maximum absolute atomic E-state index is 10.5. The quantitative estimate of drug-likeness (QED) is 0.370. The van der Waals surface area contributed by atoms with Crippen LogP contribution in [0.5, 0.6) is 0 Å². The number of primary amides is 1. The summed E-state index contributed by atoms with van der Waals surface area (Å²) < 4.78 is 0. The summed E-state index contributed by atoms with van der Waals surface area (Å²) in [5, 5.41) is 0. The Morgan fingerprint density at radius 2 is 0.957 bits per heavy atom. The third-order valence-corrected chi connectivity index (χ3v) is 3.82. The Kier molecular flexibility index (Phi) is 31.9. The van der Waals surface area contributed by atoms with Gasteiger partial charge in [-0.25, -0.2) is 0 Å². The van der Waals surface area contributed by atoms with Gasteiger partial charge < -0.3 is 11.5 Å². The molecule has 0 aliphatic carbocycles. The van der Waals surface area contributed by atoms with Gasteiger partial charge in [0.05, 0.1) is 0 Å². The van der Waals surface area contributed by atoms with E-state index in [9.17, 15) is 4.79 Å². The van der Waals surface area contributed by atoms with Crippen LogP contribution in [0.25, 0.3) is 0 Å². The van der Waals surface area contributed by atoms with Gasteiger partial charge in [-0.05, 0) is 19.4 Å². The fraction of sp³-hybridized carbons (Fsp3) is 0.947. The monoisotopic (exact) mass is 350 g/mol. The number of unbranched alkanes of at least 4 members (excludes halogenated alkanes) is 12. The third kappa shape index (κ3) is 34.2. The first-order valence-electron chi connectivity index (χ1n) is 9.67. The van der Waals surface area contributed by atoms with E-state index in [0.29, 0.717) is 6.42 Å². The van der Waals surface area contributed by atoms with Gasteiger partial charge in [0.25, 0.3) is 0 Å². The standard InChI is InChI=1S/C16H33NO.C3H9N.ClH/c1-2-3-4-5-6-7-8-9-10-11-12-13-14-15-16(17)18;1-2-3-4;/h2-15H2,1H3,(H2,17,18);2-4H2,1H3;1H. The molecule has 0 rings (SSSR count). The molecule has 23 heavy (non-hydrogen) atoms. The Labute approximate surface area is 151 Å². The summed E-state index contributed by atoms with van der Waals surface area (Å²) >= 11 is 0. The van der Waals surface area contributed by atoms with Gasteiger partial charge in [0.2, 0.25) is 5.91 Å². The number of hydrogen-bond acceptors (Lipinski definition) is 2. The number of nitrogens with two attached hydrogens (primary N) is 2. The molecule has 4 N–H and O–H groups in total. The number of carbonyl (C=O) groups excluding carboxylic acids is 1. The lowest BCUT2D eigenvalue weighted by molar-refractivity contribution is -0.118. The average Bonchev–Trinajstić information content (AvgIpc) is 2.52. The van der Waals surface area contributed by atoms with E-state index >= 15 is 0 Å². The molecule has 0 aromatic carbocycles. The minimum Gasteiger partial charge on any atom is -0.370 e. The largest absolute Gasteiger partial charge is 0.370 e. The predicted octanol–water partition coefficient (Wildman–Crippen LogP) is 5.73. The zero-order valence-corrected chi connectivity index (χ0v) is 16.6. The molecule has 0 atom stereocenters. The van der Waals surface area contributed by atoms with Crippen LogP contribution < -0.4 is 11.5 Å². The Morgan fingerprint density at radius 3 is 1.22 bits per heavy atom. The van der Waals surface area contributed by atoms with Crippen molar-refractivity contribution in [3.63, 3.8) is 0 Å². The molecule has 1 amide bonds. The summed E-state index contributed by atoms with van der Waals surface area (Å²) in [6.45, 7) is 5.14. The predicted molar refractivity (Wildman–Crippen MR) is 106 cm³/mol. The number of hydrogen-bond donors (Lipinski definition) is 2. The summed E-state index contributed by atoms with van der Waals surface area (Å²) in [5.74, 6) is -0.155. The van der Waals surface area contributed by atoms with Crippen LogP contribution in [0.4, 0.5) is 0 Å². The summed E-state index contributed by atoms with van der Waals surface area (Å²) in [5.41, 5.74) is 10.1. The highest BCUT2D eigenvalue weighted by Crippen LogP contribution is 2.12. The normalized spacial score (nSPS) is 9.70. The summed E-state index contributed by atoms with van der Waals surface area (Å²) in [4.78, 5) is 10.5. The van der Waals surface area contributed by atoms with E-state index in [-0.39, 0.29) is 18.3 Å². The van der Waals surface area contributed by atoms with Crippen LogP contribution in [0.2, 0.25) is 0 Å². The van der Waals surface area contributed by atoms with Crippen molar-refractivity contribution >= 4 is 18.3 Å². The number of rotatable bonds is 15. The molecule has 3 nitrogen and oxygen atoms in total. The lowest BCUT2D eigenvalue weighted by Gasteiger charge is -2.02. The number of carbonyl (C=O) groups is 1. The molecule has 0 aromatic heterocycles. The highest BCUT2D eigenvalue weighted by molar-refractivity contribution is 5.85. The smallest absolute Gasteiger partial charge is 0.217 e. The highest BCUT2D eigenvalue weighted by Gasteiger charge is 1.95. The van der Waals surface area contributed by atoms with Crippen molar-refractivity contribution in [2.45, 2.75) is 110 Å². The molecular weight excluding hydrogens is 308 g/mol. The van der Waals surface area contributed by atoms with Crippen molar-refractivity contribution in [3.05, 3.63) is 0 Å². The molecule has 0 saturated heterocycles. The molecule has 0 aliphatic heterocycles. The van der Waals surface area contributed by atoms with Gasteiger partial charge in [-0.3, -0.25) is 4.79 Å². The summed E-state index contributed by atoms with van der Waals surface area (Å²) in [7, 11) is 0. The maximum Gasteiger partial charge on any atom is 0.217 e. The molecule has 0 fully saturated rings. The van der Waals surface area contributed by atoms with Gasteiger partial charge in [-0.2, -0.15) is 0 Å². The fourth-order valence-corrected chi connectivity index (χ4v) is 2.32. The molecule has 0 heterocycles. The topological polar surface area (TPSA) is 69.1 Å². The number of halogens is 1. The van der Waals surface area contributed by atoms with Crippen LogP contribution in [-0.4, -0.2) is 12.5 Å². The van der Waals surface area contributed by atoms with Gasteiger partial charge in [-0.1, -0.05) is 90.9 Å². The number of amides is 1. The molecule has 0 aliphatic rings. The minimum atomic E-state index is -0.155. The molecule has 142 valence electrons. The van der Waals surface area contributed by atoms with Crippen molar-refractivity contribution in [1.82, 2.24) is 0 Å². The van der Waals surface area contributed by atoms with Crippen LogP contribution >= 0.6 is 12.4 Å². The Morgan fingerprint density at radius 1 is 0.652 bits per heavy atom. The van der Waals surface area contributed by atoms with Crippen LogP contribution in [0, 0.1) is 0 Å². The Bertz CT molecular complexity index is 212. The Hall–Kier alpha value is -0.280. The first-order valence-corrected chi connectivity index (χ1v) is 9.67. The van der Waals surface area contributed by atoms with Crippen molar-refractivity contribution in [2.75, 3.05) is 6.54 Å². The highest BCUT2D eigenvalue weighted by atomic mass is 35.5. The van der Waals surface area contributed by atoms with Crippen molar-refractivity contribution in [1.29, 1.82) is 0 Å². The molecular formula is C19H43ClN2O. The minimum absolute atomic E-state index is 0. The first kappa shape index (κ1) is 27.6. The van der Waals surface area contributed by atoms with E-state index in [0.717, 1.165) is 19.4 Å². The molecule has 0 aromatic rings. The summed E-state index contributed by atoms with van der Waals surface area (Å²) in [6, 6.07) is 0. The second-order valence-electron chi connectivity index (χ2n) is 6.25. The molecule has 0 bridgehead atoms. The lowest BCUT2D eigenvalue weighted by atomic mass is 10.0. The second-order valence-corrected chi connectivity index (χ2v) is 6.25. The van der Waals surface area contributed by atoms with Crippen LogP contribution in [-0.2, 0) is 4.79 Å². The van der Waals surface area contributed by atoms with Crippen LogP contribution in [0.15, 0.2) is 0 Å². The van der Waals surface area contributed by atoms with Gasteiger partial charge in [-0.15, -0.1) is 12.4 Å².